The topological polar surface area (TPSA) is 85.7 Å². The summed E-state index contributed by atoms with van der Waals surface area (Å²) in [5.74, 6) is 1.19. The van der Waals surface area contributed by atoms with Crippen molar-refractivity contribution in [3.63, 3.8) is 0 Å². The third-order valence-electron chi connectivity index (χ3n) is 7.21. The van der Waals surface area contributed by atoms with E-state index in [9.17, 15) is 15.0 Å². The first kappa shape index (κ1) is 24.5. The SMILES string of the molecule is CCC1CN2CCC1CC2[C@@H](O)c1ccnc2ccc(OC)cc12.O=C([O-])c1ccc(Cl)cc1. The summed E-state index contributed by atoms with van der Waals surface area (Å²) in [6.07, 6.45) is 4.97. The number of carbonyl (C=O) groups excluding carboxylic acids is 1. The number of piperidine rings is 3. The van der Waals surface area contributed by atoms with Gasteiger partial charge < -0.3 is 19.7 Å². The van der Waals surface area contributed by atoms with Gasteiger partial charge in [0.25, 0.3) is 0 Å². The number of halogens is 1. The number of aliphatic hydroxyl groups excluding tert-OH is 1. The monoisotopic (exact) mass is 481 g/mol. The summed E-state index contributed by atoms with van der Waals surface area (Å²) in [4.78, 5) is 17.1. The number of pyridine rings is 1. The largest absolute Gasteiger partial charge is 0.545 e. The second kappa shape index (κ2) is 10.7. The Morgan fingerprint density at radius 3 is 2.65 bits per heavy atom. The van der Waals surface area contributed by atoms with Crippen molar-refractivity contribution in [2.45, 2.75) is 38.3 Å². The molecular formula is C27H30ClN2O4-. The first-order valence-electron chi connectivity index (χ1n) is 11.7. The number of carboxylic acids is 1. The van der Waals surface area contributed by atoms with Crippen molar-refractivity contribution in [3.05, 3.63) is 70.9 Å². The van der Waals surface area contributed by atoms with E-state index in [1.807, 2.05) is 24.3 Å². The second-order valence-electron chi connectivity index (χ2n) is 9.04. The molecule has 3 aliphatic rings. The molecule has 0 aliphatic carbocycles. The average Bonchev–Trinajstić information content (AvgIpc) is 2.88. The molecule has 1 aromatic heterocycles. The number of hydrogen-bond acceptors (Lipinski definition) is 6. The third kappa shape index (κ3) is 5.19. The fraction of sp³-hybridized carbons (Fsp3) is 0.407. The van der Waals surface area contributed by atoms with Crippen LogP contribution in [-0.4, -0.2) is 47.2 Å². The molecule has 5 atom stereocenters. The number of methoxy groups -OCH3 is 1. The number of aliphatic hydroxyl groups is 1. The summed E-state index contributed by atoms with van der Waals surface area (Å²) >= 11 is 5.50. The molecule has 3 aliphatic heterocycles. The molecule has 4 unspecified atom stereocenters. The molecule has 0 amide bonds. The second-order valence-corrected chi connectivity index (χ2v) is 9.47. The maximum atomic E-state index is 11.2. The summed E-state index contributed by atoms with van der Waals surface area (Å²) in [7, 11) is 1.67. The van der Waals surface area contributed by atoms with Crippen LogP contribution in [0.3, 0.4) is 0 Å². The molecule has 3 aromatic rings. The van der Waals surface area contributed by atoms with Crippen LogP contribution in [-0.2, 0) is 0 Å². The molecule has 3 saturated heterocycles. The van der Waals surface area contributed by atoms with Crippen LogP contribution in [0.25, 0.3) is 10.9 Å². The Morgan fingerprint density at radius 2 is 2.03 bits per heavy atom. The van der Waals surface area contributed by atoms with Crippen LogP contribution in [0.4, 0.5) is 0 Å². The summed E-state index contributed by atoms with van der Waals surface area (Å²) < 4.78 is 5.36. The van der Waals surface area contributed by atoms with Crippen molar-refractivity contribution in [2.24, 2.45) is 11.8 Å². The quantitative estimate of drug-likeness (QED) is 0.590. The van der Waals surface area contributed by atoms with Crippen molar-refractivity contribution >= 4 is 28.5 Å². The van der Waals surface area contributed by atoms with Crippen LogP contribution in [0, 0.1) is 11.8 Å². The highest BCUT2D eigenvalue weighted by molar-refractivity contribution is 6.30. The first-order chi connectivity index (χ1) is 16.4. The number of aromatic nitrogens is 1. The molecule has 2 aromatic carbocycles. The predicted octanol–water partition coefficient (Wildman–Crippen LogP) is 4.10. The molecule has 3 fully saturated rings. The van der Waals surface area contributed by atoms with Gasteiger partial charge in [-0.1, -0.05) is 37.1 Å². The molecule has 1 N–H and O–H groups in total. The Hall–Kier alpha value is -2.67. The number of fused-ring (bicyclic) bond motifs is 4. The van der Waals surface area contributed by atoms with Crippen molar-refractivity contribution < 1.29 is 19.7 Å². The molecule has 4 heterocycles. The lowest BCUT2D eigenvalue weighted by atomic mass is 9.72. The van der Waals surface area contributed by atoms with Gasteiger partial charge in [-0.15, -0.1) is 0 Å². The minimum absolute atomic E-state index is 0.143. The van der Waals surface area contributed by atoms with Gasteiger partial charge in [-0.2, -0.15) is 0 Å². The Morgan fingerprint density at radius 1 is 1.26 bits per heavy atom. The van der Waals surface area contributed by atoms with E-state index in [-0.39, 0.29) is 11.6 Å². The van der Waals surface area contributed by atoms with E-state index in [1.54, 1.807) is 13.3 Å². The van der Waals surface area contributed by atoms with Gasteiger partial charge in [-0.05, 0) is 78.7 Å². The van der Waals surface area contributed by atoms with E-state index >= 15 is 0 Å². The number of carboxylic acid groups (broad SMARTS) is 1. The zero-order chi connectivity index (χ0) is 24.2. The van der Waals surface area contributed by atoms with Crippen LogP contribution in [0.2, 0.25) is 5.02 Å². The van der Waals surface area contributed by atoms with Crippen LogP contribution < -0.4 is 9.84 Å². The smallest absolute Gasteiger partial charge is 0.119 e. The Bertz CT molecular complexity index is 1140. The Balaban J connectivity index is 0.000000231. The van der Waals surface area contributed by atoms with E-state index in [4.69, 9.17) is 16.3 Å². The van der Waals surface area contributed by atoms with Crippen LogP contribution in [0.5, 0.6) is 5.75 Å². The molecule has 7 heteroatoms. The zero-order valence-corrected chi connectivity index (χ0v) is 20.2. The summed E-state index contributed by atoms with van der Waals surface area (Å²) in [5, 5.41) is 22.9. The molecule has 6 nitrogen and oxygen atoms in total. The predicted molar refractivity (Wildman–Crippen MR) is 131 cm³/mol. The summed E-state index contributed by atoms with van der Waals surface area (Å²) in [6.45, 7) is 4.55. The number of hydrogen-bond donors (Lipinski definition) is 1. The number of aromatic carboxylic acids is 1. The summed E-state index contributed by atoms with van der Waals surface area (Å²) in [6, 6.07) is 13.9. The highest BCUT2D eigenvalue weighted by Gasteiger charge is 2.42. The van der Waals surface area contributed by atoms with E-state index in [0.717, 1.165) is 53.6 Å². The molecule has 2 bridgehead atoms. The summed E-state index contributed by atoms with van der Waals surface area (Å²) in [5.41, 5.74) is 2.03. The average molecular weight is 482 g/mol. The van der Waals surface area contributed by atoms with Crippen LogP contribution >= 0.6 is 11.6 Å². The normalized spacial score (nSPS) is 24.2. The molecule has 0 radical (unpaired) electrons. The maximum Gasteiger partial charge on any atom is 0.119 e. The van der Waals surface area contributed by atoms with Crippen LogP contribution in [0.15, 0.2) is 54.7 Å². The molecule has 34 heavy (non-hydrogen) atoms. The van der Waals surface area contributed by atoms with Crippen molar-refractivity contribution in [2.75, 3.05) is 20.2 Å². The Kier molecular flexibility index (Phi) is 7.71. The van der Waals surface area contributed by atoms with Gasteiger partial charge in [0.1, 0.15) is 5.75 Å². The highest BCUT2D eigenvalue weighted by Crippen LogP contribution is 2.42. The molecule has 6 rings (SSSR count). The number of rotatable bonds is 5. The van der Waals surface area contributed by atoms with Gasteiger partial charge >= 0.3 is 0 Å². The van der Waals surface area contributed by atoms with Gasteiger partial charge in [0, 0.05) is 29.2 Å². The van der Waals surface area contributed by atoms with Gasteiger partial charge in [-0.25, -0.2) is 0 Å². The minimum atomic E-state index is -1.18. The third-order valence-corrected chi connectivity index (χ3v) is 7.46. The zero-order valence-electron chi connectivity index (χ0n) is 19.5. The van der Waals surface area contributed by atoms with Crippen molar-refractivity contribution in [1.29, 1.82) is 0 Å². The van der Waals surface area contributed by atoms with Gasteiger partial charge in [0.2, 0.25) is 0 Å². The lowest BCUT2D eigenvalue weighted by Crippen LogP contribution is -2.55. The highest BCUT2D eigenvalue weighted by atomic mass is 35.5. The van der Waals surface area contributed by atoms with E-state index < -0.39 is 12.1 Å². The Labute approximate surface area is 205 Å². The standard InChI is InChI=1S/C20H26N2O2.C7H5ClO2/c1-3-13-12-22-9-7-14(13)10-19(22)20(23)16-6-8-21-18-5-4-15(24-2)11-17(16)18;8-6-3-1-5(2-4-6)7(9)10/h4-6,8,11,13-14,19-20,23H,3,7,9-10,12H2,1-2H3;1-4H,(H,9,10)/p-1/t13?,14?,19?,20-;/m0./s1. The number of benzene rings is 2. The maximum absolute atomic E-state index is 11.2. The van der Waals surface area contributed by atoms with E-state index in [1.165, 1.54) is 37.1 Å². The lowest BCUT2D eigenvalue weighted by molar-refractivity contribution is -0.255. The van der Waals surface area contributed by atoms with Gasteiger partial charge in [0.15, 0.2) is 0 Å². The van der Waals surface area contributed by atoms with E-state index in [0.29, 0.717) is 5.02 Å². The van der Waals surface area contributed by atoms with Crippen molar-refractivity contribution in [1.82, 2.24) is 9.88 Å². The molecule has 0 saturated carbocycles. The minimum Gasteiger partial charge on any atom is -0.545 e. The number of nitrogens with zero attached hydrogens (tertiary/aromatic N) is 2. The molecule has 0 spiro atoms. The molecule has 180 valence electrons. The van der Waals surface area contributed by atoms with Gasteiger partial charge in [0.05, 0.1) is 24.7 Å². The first-order valence-corrected chi connectivity index (χ1v) is 12.1. The molecular weight excluding hydrogens is 452 g/mol. The fourth-order valence-electron chi connectivity index (χ4n) is 5.30. The van der Waals surface area contributed by atoms with Gasteiger partial charge in [-0.3, -0.25) is 9.88 Å². The number of ether oxygens (including phenoxy) is 1. The van der Waals surface area contributed by atoms with Crippen molar-refractivity contribution in [3.8, 4) is 5.75 Å². The van der Waals surface area contributed by atoms with E-state index in [2.05, 4.69) is 16.8 Å². The van der Waals surface area contributed by atoms with Crippen LogP contribution in [0.1, 0.15) is 48.2 Å². The fourth-order valence-corrected chi connectivity index (χ4v) is 5.42. The lowest BCUT2D eigenvalue weighted by Gasteiger charge is -2.51. The number of carbonyl (C=O) groups is 1.